The van der Waals surface area contributed by atoms with Crippen molar-refractivity contribution in [1.82, 2.24) is 0 Å². The molecule has 0 radical (unpaired) electrons. The number of ether oxygens (including phenoxy) is 1. The van der Waals surface area contributed by atoms with E-state index in [1.807, 2.05) is 18.2 Å². The molecule has 88 valence electrons. The number of hydrogen-bond acceptors (Lipinski definition) is 3. The minimum Gasteiger partial charge on any atom is -0.466 e. The third-order valence-electron chi connectivity index (χ3n) is 2.10. The lowest BCUT2D eigenvalue weighted by atomic mass is 10.3. The molecular weight excluding hydrogens is 224 g/mol. The van der Waals surface area contributed by atoms with Crippen LogP contribution in [0.1, 0.15) is 20.3 Å². The Labute approximate surface area is 98.3 Å². The van der Waals surface area contributed by atoms with Gasteiger partial charge in [0.15, 0.2) is 0 Å². The monoisotopic (exact) mass is 240 g/mol. The molecular formula is C12H16O3S. The fraction of sp³-hybridized carbons (Fsp3) is 0.417. The lowest BCUT2D eigenvalue weighted by molar-refractivity contribution is -0.143. The van der Waals surface area contributed by atoms with Gasteiger partial charge in [0.25, 0.3) is 0 Å². The summed E-state index contributed by atoms with van der Waals surface area (Å²) in [5, 5.41) is -0.221. The van der Waals surface area contributed by atoms with Gasteiger partial charge in [-0.3, -0.25) is 9.00 Å². The van der Waals surface area contributed by atoms with E-state index in [0.29, 0.717) is 6.61 Å². The van der Waals surface area contributed by atoms with Crippen LogP contribution in [0.25, 0.3) is 0 Å². The maximum atomic E-state index is 12.0. The van der Waals surface area contributed by atoms with Gasteiger partial charge < -0.3 is 4.74 Å². The van der Waals surface area contributed by atoms with E-state index in [1.54, 1.807) is 26.0 Å². The number of carbonyl (C=O) groups is 1. The topological polar surface area (TPSA) is 43.4 Å². The molecule has 16 heavy (non-hydrogen) atoms. The van der Waals surface area contributed by atoms with Crippen molar-refractivity contribution in [3.63, 3.8) is 0 Å². The van der Waals surface area contributed by atoms with E-state index in [9.17, 15) is 9.00 Å². The van der Waals surface area contributed by atoms with Gasteiger partial charge >= 0.3 is 5.97 Å². The highest BCUT2D eigenvalue weighted by Gasteiger charge is 2.17. The maximum Gasteiger partial charge on any atom is 0.306 e. The zero-order valence-corrected chi connectivity index (χ0v) is 10.3. The van der Waals surface area contributed by atoms with Crippen LogP contribution in [0.4, 0.5) is 0 Å². The smallest absolute Gasteiger partial charge is 0.306 e. The van der Waals surface area contributed by atoms with Crippen LogP contribution >= 0.6 is 0 Å². The molecule has 0 saturated carbocycles. The molecule has 1 aromatic rings. The first-order valence-electron chi connectivity index (χ1n) is 5.26. The number of hydrogen-bond donors (Lipinski definition) is 0. The summed E-state index contributed by atoms with van der Waals surface area (Å²) in [5.41, 5.74) is 0. The number of benzene rings is 1. The summed E-state index contributed by atoms with van der Waals surface area (Å²) in [6.07, 6.45) is 0.190. The summed E-state index contributed by atoms with van der Waals surface area (Å²) < 4.78 is 16.8. The number of esters is 1. The second-order valence-corrected chi connectivity index (χ2v) is 5.30. The van der Waals surface area contributed by atoms with E-state index in [4.69, 9.17) is 4.74 Å². The molecule has 2 atom stereocenters. The predicted molar refractivity (Wildman–Crippen MR) is 63.6 cm³/mol. The standard InChI is InChI=1S/C12H16O3S/c1-3-15-12(13)9-10(2)16(14)11-7-5-4-6-8-11/h4-8,10H,3,9H2,1-2H3. The van der Waals surface area contributed by atoms with Gasteiger partial charge in [0.1, 0.15) is 0 Å². The Morgan fingerprint density at radius 2 is 2.00 bits per heavy atom. The Bertz CT molecular complexity index is 362. The van der Waals surface area contributed by atoms with Crippen LogP contribution < -0.4 is 0 Å². The van der Waals surface area contributed by atoms with Crippen molar-refractivity contribution in [3.05, 3.63) is 30.3 Å². The second kappa shape index (κ2) is 6.43. The second-order valence-electron chi connectivity index (χ2n) is 3.43. The molecule has 0 fully saturated rings. The van der Waals surface area contributed by atoms with Gasteiger partial charge in [0, 0.05) is 10.1 Å². The molecule has 0 heterocycles. The Balaban J connectivity index is 2.58. The molecule has 4 heteroatoms. The van der Waals surface area contributed by atoms with Crippen LogP contribution in [0, 0.1) is 0 Å². The summed E-state index contributed by atoms with van der Waals surface area (Å²) in [6, 6.07) is 9.15. The Morgan fingerprint density at radius 3 is 2.56 bits per heavy atom. The molecule has 2 unspecified atom stereocenters. The molecule has 0 N–H and O–H groups in total. The normalized spacial score (nSPS) is 14.1. The van der Waals surface area contributed by atoms with Crippen LogP contribution in [0.15, 0.2) is 35.2 Å². The van der Waals surface area contributed by atoms with Crippen molar-refractivity contribution < 1.29 is 13.7 Å². The van der Waals surface area contributed by atoms with E-state index in [2.05, 4.69) is 0 Å². The summed E-state index contributed by atoms with van der Waals surface area (Å²) in [7, 11) is -1.15. The van der Waals surface area contributed by atoms with E-state index in [-0.39, 0.29) is 17.6 Å². The van der Waals surface area contributed by atoms with Crippen molar-refractivity contribution in [2.45, 2.75) is 30.4 Å². The third kappa shape index (κ3) is 3.77. The van der Waals surface area contributed by atoms with E-state index < -0.39 is 10.8 Å². The highest BCUT2D eigenvalue weighted by Crippen LogP contribution is 2.13. The maximum absolute atomic E-state index is 12.0. The van der Waals surface area contributed by atoms with Crippen molar-refractivity contribution in [2.75, 3.05) is 6.61 Å². The fourth-order valence-electron chi connectivity index (χ4n) is 1.32. The molecule has 0 aromatic heterocycles. The molecule has 0 amide bonds. The van der Waals surface area contributed by atoms with Crippen molar-refractivity contribution in [1.29, 1.82) is 0 Å². The van der Waals surface area contributed by atoms with Gasteiger partial charge in [-0.2, -0.15) is 0 Å². The number of rotatable bonds is 5. The summed E-state index contributed by atoms with van der Waals surface area (Å²) in [4.78, 5) is 12.0. The lowest BCUT2D eigenvalue weighted by Crippen LogP contribution is -2.18. The SMILES string of the molecule is CCOC(=O)CC(C)S(=O)c1ccccc1. The van der Waals surface area contributed by atoms with E-state index in [1.165, 1.54) is 0 Å². The Kier molecular flexibility index (Phi) is 5.19. The van der Waals surface area contributed by atoms with E-state index in [0.717, 1.165) is 4.90 Å². The van der Waals surface area contributed by atoms with Crippen molar-refractivity contribution in [3.8, 4) is 0 Å². The van der Waals surface area contributed by atoms with E-state index >= 15 is 0 Å². The molecule has 0 bridgehead atoms. The first-order chi connectivity index (χ1) is 7.65. The van der Waals surface area contributed by atoms with Crippen molar-refractivity contribution >= 4 is 16.8 Å². The quantitative estimate of drug-likeness (QED) is 0.741. The average molecular weight is 240 g/mol. The molecule has 1 aromatic carbocycles. The third-order valence-corrected chi connectivity index (χ3v) is 3.73. The Hall–Kier alpha value is -1.16. The molecule has 1 rings (SSSR count). The fourth-order valence-corrected chi connectivity index (χ4v) is 2.49. The molecule has 0 aliphatic heterocycles. The molecule has 0 spiro atoms. The minimum absolute atomic E-state index is 0.190. The van der Waals surface area contributed by atoms with Crippen LogP contribution in [0.2, 0.25) is 0 Å². The summed E-state index contributed by atoms with van der Waals surface area (Å²) in [6.45, 7) is 3.92. The highest BCUT2D eigenvalue weighted by atomic mass is 32.2. The van der Waals surface area contributed by atoms with Gasteiger partial charge in [0.05, 0.1) is 23.8 Å². The van der Waals surface area contributed by atoms with Gasteiger partial charge in [-0.15, -0.1) is 0 Å². The molecule has 0 aliphatic carbocycles. The van der Waals surface area contributed by atoms with Crippen LogP contribution in [-0.4, -0.2) is 22.0 Å². The van der Waals surface area contributed by atoms with Crippen LogP contribution in [-0.2, 0) is 20.3 Å². The summed E-state index contributed by atoms with van der Waals surface area (Å²) in [5.74, 6) is -0.292. The summed E-state index contributed by atoms with van der Waals surface area (Å²) >= 11 is 0. The van der Waals surface area contributed by atoms with Gasteiger partial charge in [0.2, 0.25) is 0 Å². The van der Waals surface area contributed by atoms with Crippen LogP contribution in [0.5, 0.6) is 0 Å². The minimum atomic E-state index is -1.15. The Morgan fingerprint density at radius 1 is 1.38 bits per heavy atom. The lowest BCUT2D eigenvalue weighted by Gasteiger charge is -2.10. The molecule has 0 saturated heterocycles. The largest absolute Gasteiger partial charge is 0.466 e. The van der Waals surface area contributed by atoms with Crippen molar-refractivity contribution in [2.24, 2.45) is 0 Å². The zero-order valence-electron chi connectivity index (χ0n) is 9.51. The number of carbonyl (C=O) groups excluding carboxylic acids is 1. The van der Waals surface area contributed by atoms with Crippen LogP contribution in [0.3, 0.4) is 0 Å². The zero-order chi connectivity index (χ0) is 12.0. The van der Waals surface area contributed by atoms with Gasteiger partial charge in [-0.05, 0) is 26.0 Å². The molecule has 3 nitrogen and oxygen atoms in total. The highest BCUT2D eigenvalue weighted by molar-refractivity contribution is 7.85. The average Bonchev–Trinajstić information content (AvgIpc) is 2.29. The van der Waals surface area contributed by atoms with Gasteiger partial charge in [-0.1, -0.05) is 18.2 Å². The van der Waals surface area contributed by atoms with Gasteiger partial charge in [-0.25, -0.2) is 0 Å². The first-order valence-corrected chi connectivity index (χ1v) is 6.47. The molecule has 0 aliphatic rings. The predicted octanol–water partition coefficient (Wildman–Crippen LogP) is 2.14. The first kappa shape index (κ1) is 12.9.